The fourth-order valence-electron chi connectivity index (χ4n) is 1.00. The van der Waals surface area contributed by atoms with E-state index in [2.05, 4.69) is 4.98 Å². The van der Waals surface area contributed by atoms with E-state index in [1.165, 1.54) is 7.11 Å². The predicted octanol–water partition coefficient (Wildman–Crippen LogP) is 1.83. The van der Waals surface area contributed by atoms with Crippen LogP contribution in [0, 0.1) is 0 Å². The van der Waals surface area contributed by atoms with Crippen molar-refractivity contribution in [2.75, 3.05) is 12.8 Å². The summed E-state index contributed by atoms with van der Waals surface area (Å²) in [4.78, 5) is 3.77. The molecule has 0 radical (unpaired) electrons. The van der Waals surface area contributed by atoms with Gasteiger partial charge in [0.25, 0.3) is 0 Å². The normalized spacial score (nSPS) is 15.6. The van der Waals surface area contributed by atoms with Crippen LogP contribution in [0.5, 0.6) is 5.75 Å². The Hall–Kier alpha value is -1.77. The molecule has 0 aliphatic carbocycles. The molecular weight excluding hydrogens is 164 g/mol. The lowest BCUT2D eigenvalue weighted by molar-refractivity contribution is 0.415. The molecule has 2 N–H and O–H groups in total. The Balaban J connectivity index is 3.08. The molecule has 0 unspecified atom stereocenters. The van der Waals surface area contributed by atoms with Crippen molar-refractivity contribution in [3.05, 3.63) is 30.3 Å². The highest BCUT2D eigenvalue weighted by atomic mass is 16.5. The number of methoxy groups -OCH3 is 1. The van der Waals surface area contributed by atoms with Gasteiger partial charge in [-0.05, 0) is 12.1 Å². The van der Waals surface area contributed by atoms with Crippen molar-refractivity contribution in [3.8, 4) is 5.75 Å². The van der Waals surface area contributed by atoms with Crippen LogP contribution in [-0.2, 0) is 0 Å². The van der Waals surface area contributed by atoms with Gasteiger partial charge in [-0.3, -0.25) is 4.98 Å². The third-order valence-electron chi connectivity index (χ3n) is 1.59. The topological polar surface area (TPSA) is 48.1 Å². The van der Waals surface area contributed by atoms with E-state index in [9.17, 15) is 0 Å². The van der Waals surface area contributed by atoms with Gasteiger partial charge in [-0.1, -0.05) is 6.04 Å². The maximum Gasteiger partial charge on any atom is 0.121 e. The van der Waals surface area contributed by atoms with Crippen LogP contribution in [0.3, 0.4) is 0 Å². The van der Waals surface area contributed by atoms with Crippen molar-refractivity contribution >= 4 is 16.6 Å². The van der Waals surface area contributed by atoms with E-state index < -0.39 is 6.17 Å². The Bertz CT molecular complexity index is 659. The Morgan fingerprint density at radius 3 is 3.15 bits per heavy atom. The molecule has 0 bridgehead atoms. The molecule has 0 fully saturated rings. The lowest BCUT2D eigenvalue weighted by Gasteiger charge is -2.04. The van der Waals surface area contributed by atoms with E-state index in [-0.39, 0.29) is 46.5 Å². The number of rotatable bonds is 1. The average Bonchev–Trinajstić information content (AvgIpc) is 2.33. The number of pyridine rings is 1. The molecule has 3 heteroatoms. The first-order valence-electron chi connectivity index (χ1n) is 6.10. The maximum absolute atomic E-state index is 7.88. The SMILES string of the molecule is [2H]c1nc2c(N)c([2H])c(OC)c([2H])c2c([2H])c1[2H]. The Morgan fingerprint density at radius 1 is 1.54 bits per heavy atom. The van der Waals surface area contributed by atoms with Crippen molar-refractivity contribution < 1.29 is 11.6 Å². The van der Waals surface area contributed by atoms with Crippen LogP contribution in [0.1, 0.15) is 6.85 Å². The highest BCUT2D eigenvalue weighted by Crippen LogP contribution is 2.24. The van der Waals surface area contributed by atoms with Crippen molar-refractivity contribution in [1.29, 1.82) is 0 Å². The van der Waals surface area contributed by atoms with Crippen LogP contribution in [0.4, 0.5) is 5.69 Å². The van der Waals surface area contributed by atoms with Gasteiger partial charge in [0.15, 0.2) is 0 Å². The molecule has 0 saturated heterocycles. The molecule has 3 nitrogen and oxygen atoms in total. The summed E-state index contributed by atoms with van der Waals surface area (Å²) >= 11 is 0. The van der Waals surface area contributed by atoms with Gasteiger partial charge in [0.05, 0.1) is 25.2 Å². The van der Waals surface area contributed by atoms with Crippen LogP contribution in [0.15, 0.2) is 30.3 Å². The van der Waals surface area contributed by atoms with Gasteiger partial charge >= 0.3 is 0 Å². The van der Waals surface area contributed by atoms with Crippen LogP contribution in [0.25, 0.3) is 10.9 Å². The molecule has 1 heterocycles. The summed E-state index contributed by atoms with van der Waals surface area (Å²) in [6, 6.07) is -1.09. The zero-order valence-electron chi connectivity index (χ0n) is 11.9. The molecule has 2 rings (SSSR count). The van der Waals surface area contributed by atoms with E-state index in [1.54, 1.807) is 0 Å². The molecule has 0 aliphatic rings. The molecule has 0 atom stereocenters. The van der Waals surface area contributed by atoms with Crippen molar-refractivity contribution in [2.24, 2.45) is 0 Å². The monoisotopic (exact) mass is 179 g/mol. The molecule has 0 amide bonds. The highest BCUT2D eigenvalue weighted by Gasteiger charge is 2.01. The number of hydrogen-bond donors (Lipinski definition) is 1. The van der Waals surface area contributed by atoms with Gasteiger partial charge in [0.2, 0.25) is 0 Å². The lowest BCUT2D eigenvalue weighted by Crippen LogP contribution is -1.91. The summed E-state index contributed by atoms with van der Waals surface area (Å²) in [7, 11) is 1.30. The number of aromatic nitrogens is 1. The number of anilines is 1. The first-order valence-corrected chi connectivity index (χ1v) is 3.60. The standard InChI is InChI=1S/C10H10N2O/c1-13-8-5-7-3-2-4-12-10(7)9(11)6-8/h2-6H,11H2,1H3/i2D,3D,4D,5D,6D. The van der Waals surface area contributed by atoms with Crippen molar-refractivity contribution in [1.82, 2.24) is 4.98 Å². The maximum atomic E-state index is 7.88. The number of nitrogens with zero attached hydrogens (tertiary/aromatic N) is 1. The van der Waals surface area contributed by atoms with E-state index in [1.807, 2.05) is 0 Å². The first-order chi connectivity index (χ1) is 8.40. The lowest BCUT2D eigenvalue weighted by atomic mass is 10.2. The molecule has 1 aromatic carbocycles. The van der Waals surface area contributed by atoms with E-state index in [0.29, 0.717) is 0 Å². The molecule has 66 valence electrons. The van der Waals surface area contributed by atoms with Crippen LogP contribution >= 0.6 is 0 Å². The predicted molar refractivity (Wildman–Crippen MR) is 52.7 cm³/mol. The number of nitrogens with two attached hydrogens (primary N) is 1. The molecule has 2 aromatic rings. The number of benzene rings is 1. The van der Waals surface area contributed by atoms with E-state index >= 15 is 0 Å². The molecule has 1 aromatic heterocycles. The zero-order valence-corrected chi connectivity index (χ0v) is 6.93. The minimum atomic E-state index is -0.400. The number of fused-ring (bicyclic) bond motifs is 1. The Kier molecular flexibility index (Phi) is 0.894. The highest BCUT2D eigenvalue weighted by molar-refractivity contribution is 5.90. The van der Waals surface area contributed by atoms with Gasteiger partial charge in [0.1, 0.15) is 5.75 Å². The third-order valence-corrected chi connectivity index (χ3v) is 1.59. The van der Waals surface area contributed by atoms with Crippen LogP contribution in [0.2, 0.25) is 0 Å². The van der Waals surface area contributed by atoms with Gasteiger partial charge in [-0.2, -0.15) is 0 Å². The Morgan fingerprint density at radius 2 is 2.38 bits per heavy atom. The molecule has 0 saturated carbocycles. The van der Waals surface area contributed by atoms with E-state index in [4.69, 9.17) is 17.3 Å². The summed E-state index contributed by atoms with van der Waals surface area (Å²) in [5.74, 6) is -0.0626. The fourth-order valence-corrected chi connectivity index (χ4v) is 1.00. The largest absolute Gasteiger partial charge is 0.497 e. The molecule has 0 aliphatic heterocycles. The van der Waals surface area contributed by atoms with Gasteiger partial charge in [-0.15, -0.1) is 0 Å². The minimum Gasteiger partial charge on any atom is -0.497 e. The summed E-state index contributed by atoms with van der Waals surface area (Å²) in [6.45, 7) is 0. The summed E-state index contributed by atoms with van der Waals surface area (Å²) in [5, 5.41) is 0.0290. The smallest absolute Gasteiger partial charge is 0.121 e. The number of ether oxygens (including phenoxy) is 1. The molecule has 13 heavy (non-hydrogen) atoms. The average molecular weight is 179 g/mol. The summed E-state index contributed by atoms with van der Waals surface area (Å²) < 4.78 is 43.3. The quantitative estimate of drug-likeness (QED) is 0.679. The number of hydrogen-bond acceptors (Lipinski definition) is 3. The van der Waals surface area contributed by atoms with Crippen LogP contribution < -0.4 is 10.5 Å². The minimum absolute atomic E-state index is 0.0248. The second-order valence-electron chi connectivity index (χ2n) is 2.39. The Labute approximate surface area is 83.2 Å². The zero-order chi connectivity index (χ0) is 13.6. The van der Waals surface area contributed by atoms with E-state index in [0.717, 1.165) is 0 Å². The van der Waals surface area contributed by atoms with Crippen molar-refractivity contribution in [3.63, 3.8) is 0 Å². The van der Waals surface area contributed by atoms with Crippen molar-refractivity contribution in [2.45, 2.75) is 0 Å². The second kappa shape index (κ2) is 2.94. The molecule has 0 spiro atoms. The van der Waals surface area contributed by atoms with Gasteiger partial charge in [0, 0.05) is 17.6 Å². The van der Waals surface area contributed by atoms with Gasteiger partial charge < -0.3 is 10.5 Å². The van der Waals surface area contributed by atoms with Crippen LogP contribution in [-0.4, -0.2) is 12.1 Å². The third kappa shape index (κ3) is 1.28. The second-order valence-corrected chi connectivity index (χ2v) is 2.39. The van der Waals surface area contributed by atoms with Gasteiger partial charge in [-0.25, -0.2) is 0 Å². The fraction of sp³-hybridized carbons (Fsp3) is 0.100. The number of nitrogen functional groups attached to an aromatic ring is 1. The first kappa shape index (κ1) is 3.96. The summed E-state index contributed by atoms with van der Waals surface area (Å²) in [5.41, 5.74) is 5.68. The molecular formula is C10H10N2O. The summed E-state index contributed by atoms with van der Waals surface area (Å²) in [6.07, 6.45) is -0.400.